The number of halogens is 1. The molecule has 20 heavy (non-hydrogen) atoms. The summed E-state index contributed by atoms with van der Waals surface area (Å²) in [6.45, 7) is 0. The normalized spacial score (nSPS) is 10.8. The molecule has 0 bridgehead atoms. The lowest BCUT2D eigenvalue weighted by Crippen LogP contribution is -1.86. The second kappa shape index (κ2) is 5.59. The predicted octanol–water partition coefficient (Wildman–Crippen LogP) is 3.21. The van der Waals surface area contributed by atoms with Crippen molar-refractivity contribution in [3.63, 3.8) is 0 Å². The fourth-order valence-corrected chi connectivity index (χ4v) is 2.83. The van der Waals surface area contributed by atoms with E-state index in [-0.39, 0.29) is 5.82 Å². The molecule has 0 aliphatic carbocycles. The molecule has 0 aliphatic heterocycles. The number of hydrogen-bond acceptors (Lipinski definition) is 7. The zero-order chi connectivity index (χ0) is 13.9. The highest BCUT2D eigenvalue weighted by molar-refractivity contribution is 7.98. The maximum atomic E-state index is 13.5. The quantitative estimate of drug-likeness (QED) is 0.746. The molecule has 2 N–H and O–H groups in total. The van der Waals surface area contributed by atoms with Crippen molar-refractivity contribution in [2.24, 2.45) is 0 Å². The van der Waals surface area contributed by atoms with Crippen molar-refractivity contribution in [3.05, 3.63) is 41.3 Å². The first-order valence-corrected chi connectivity index (χ1v) is 7.50. The second-order valence-electron chi connectivity index (χ2n) is 3.81. The third-order valence-electron chi connectivity index (χ3n) is 2.40. The van der Waals surface area contributed by atoms with Gasteiger partial charge in [-0.15, -0.1) is 23.1 Å². The van der Waals surface area contributed by atoms with Crippen molar-refractivity contribution in [3.8, 4) is 11.6 Å². The van der Waals surface area contributed by atoms with Crippen molar-refractivity contribution < 1.29 is 8.91 Å². The minimum absolute atomic E-state index is 0.256. The van der Waals surface area contributed by atoms with E-state index < -0.39 is 0 Å². The zero-order valence-corrected chi connectivity index (χ0v) is 11.7. The molecule has 3 aromatic rings. The molecule has 0 saturated carbocycles. The highest BCUT2D eigenvalue weighted by Gasteiger charge is 2.12. The Morgan fingerprint density at radius 2 is 2.15 bits per heavy atom. The molecule has 0 aliphatic rings. The van der Waals surface area contributed by atoms with Crippen LogP contribution in [0.4, 0.5) is 9.52 Å². The van der Waals surface area contributed by atoms with Crippen molar-refractivity contribution in [1.29, 1.82) is 0 Å². The van der Waals surface area contributed by atoms with Crippen LogP contribution in [0.15, 0.2) is 39.1 Å². The summed E-state index contributed by atoms with van der Waals surface area (Å²) in [7, 11) is 0. The number of anilines is 1. The summed E-state index contributed by atoms with van der Waals surface area (Å²) in [6.07, 6.45) is 0. The van der Waals surface area contributed by atoms with E-state index in [0.29, 0.717) is 33.2 Å². The van der Waals surface area contributed by atoms with Crippen molar-refractivity contribution in [2.45, 2.75) is 10.6 Å². The Bertz CT molecular complexity index is 728. The van der Waals surface area contributed by atoms with Crippen LogP contribution in [0.3, 0.4) is 0 Å². The maximum Gasteiger partial charge on any atom is 0.277 e. The fourth-order valence-electron chi connectivity index (χ4n) is 1.51. The number of thioether (sulfide) groups is 1. The number of nitrogens with zero attached hydrogens (tertiary/aromatic N) is 3. The SMILES string of the molecule is Nc1nc(-c2nc(CSc3ccccc3F)no2)cs1. The molecular weight excluding hydrogens is 299 g/mol. The Kier molecular flexibility index (Phi) is 3.66. The zero-order valence-electron chi connectivity index (χ0n) is 10.1. The molecule has 1 aromatic carbocycles. The average molecular weight is 308 g/mol. The first kappa shape index (κ1) is 13.1. The topological polar surface area (TPSA) is 77.8 Å². The van der Waals surface area contributed by atoms with Gasteiger partial charge < -0.3 is 10.3 Å². The number of thiazole rings is 1. The monoisotopic (exact) mass is 308 g/mol. The standard InChI is InChI=1S/C12H9FN4OS2/c13-7-3-1-2-4-9(7)19-6-10-16-11(18-17-10)8-5-20-12(14)15-8/h1-5H,6H2,(H2,14,15). The highest BCUT2D eigenvalue weighted by atomic mass is 32.2. The number of aromatic nitrogens is 3. The minimum atomic E-state index is -0.256. The van der Waals surface area contributed by atoms with Crippen molar-refractivity contribution in [2.75, 3.05) is 5.73 Å². The predicted molar refractivity (Wildman–Crippen MR) is 75.8 cm³/mol. The molecule has 2 aromatic heterocycles. The Morgan fingerprint density at radius 1 is 1.30 bits per heavy atom. The van der Waals surface area contributed by atoms with Crippen LogP contribution in [0.5, 0.6) is 0 Å². The summed E-state index contributed by atoms with van der Waals surface area (Å²) in [4.78, 5) is 8.82. The Balaban J connectivity index is 1.70. The largest absolute Gasteiger partial charge is 0.375 e. The first-order valence-electron chi connectivity index (χ1n) is 5.63. The average Bonchev–Trinajstić information content (AvgIpc) is 3.06. The molecule has 0 spiro atoms. The van der Waals surface area contributed by atoms with Gasteiger partial charge in [-0.25, -0.2) is 9.37 Å². The molecule has 0 radical (unpaired) electrons. The van der Waals surface area contributed by atoms with Crippen LogP contribution in [-0.2, 0) is 5.75 Å². The van der Waals surface area contributed by atoms with Crippen LogP contribution in [0.25, 0.3) is 11.6 Å². The van der Waals surface area contributed by atoms with Gasteiger partial charge in [0.25, 0.3) is 5.89 Å². The highest BCUT2D eigenvalue weighted by Crippen LogP contribution is 2.26. The Morgan fingerprint density at radius 3 is 2.90 bits per heavy atom. The molecule has 0 amide bonds. The Labute approximate surface area is 122 Å². The van der Waals surface area contributed by atoms with Crippen LogP contribution in [0.1, 0.15) is 5.82 Å². The third-order valence-corrected chi connectivity index (χ3v) is 4.12. The van der Waals surface area contributed by atoms with E-state index in [1.807, 2.05) is 0 Å². The van der Waals surface area contributed by atoms with E-state index in [9.17, 15) is 4.39 Å². The van der Waals surface area contributed by atoms with Gasteiger partial charge in [-0.3, -0.25) is 0 Å². The summed E-state index contributed by atoms with van der Waals surface area (Å²) >= 11 is 2.62. The number of benzene rings is 1. The summed E-state index contributed by atoms with van der Waals surface area (Å²) < 4.78 is 18.6. The number of nitrogen functional groups attached to an aromatic ring is 1. The van der Waals surface area contributed by atoms with E-state index in [1.165, 1.54) is 29.2 Å². The fraction of sp³-hybridized carbons (Fsp3) is 0.0833. The third kappa shape index (κ3) is 2.81. The number of nitrogens with two attached hydrogens (primary N) is 1. The summed E-state index contributed by atoms with van der Waals surface area (Å²) in [5.74, 6) is 0.972. The van der Waals surface area contributed by atoms with Crippen LogP contribution < -0.4 is 5.73 Å². The summed E-state index contributed by atoms with van der Waals surface area (Å²) in [5, 5.41) is 6.03. The molecule has 3 rings (SSSR count). The number of rotatable bonds is 4. The van der Waals surface area contributed by atoms with E-state index in [4.69, 9.17) is 10.3 Å². The van der Waals surface area contributed by atoms with Crippen LogP contribution >= 0.6 is 23.1 Å². The lowest BCUT2D eigenvalue weighted by atomic mass is 10.3. The second-order valence-corrected chi connectivity index (χ2v) is 5.71. The lowest BCUT2D eigenvalue weighted by Gasteiger charge is -1.98. The maximum absolute atomic E-state index is 13.5. The molecule has 0 atom stereocenters. The van der Waals surface area contributed by atoms with Crippen LogP contribution in [-0.4, -0.2) is 15.1 Å². The van der Waals surface area contributed by atoms with Gasteiger partial charge in [0.2, 0.25) is 0 Å². The van der Waals surface area contributed by atoms with Gasteiger partial charge in [-0.1, -0.05) is 17.3 Å². The number of hydrogen-bond donors (Lipinski definition) is 1. The molecule has 2 heterocycles. The molecule has 0 unspecified atom stereocenters. The van der Waals surface area contributed by atoms with Gasteiger partial charge >= 0.3 is 0 Å². The van der Waals surface area contributed by atoms with Crippen LogP contribution in [0, 0.1) is 5.82 Å². The Hall–Kier alpha value is -1.93. The smallest absolute Gasteiger partial charge is 0.277 e. The molecular formula is C12H9FN4OS2. The van der Waals surface area contributed by atoms with Gasteiger partial charge in [0.05, 0.1) is 5.75 Å². The van der Waals surface area contributed by atoms with E-state index in [2.05, 4.69) is 15.1 Å². The van der Waals surface area contributed by atoms with E-state index >= 15 is 0 Å². The molecule has 102 valence electrons. The summed E-state index contributed by atoms with van der Waals surface area (Å²) in [5.41, 5.74) is 6.10. The summed E-state index contributed by atoms with van der Waals surface area (Å²) in [6, 6.07) is 6.56. The van der Waals surface area contributed by atoms with Gasteiger partial charge in [0.15, 0.2) is 11.0 Å². The van der Waals surface area contributed by atoms with Gasteiger partial charge in [-0.2, -0.15) is 4.98 Å². The molecule has 8 heteroatoms. The lowest BCUT2D eigenvalue weighted by molar-refractivity contribution is 0.424. The van der Waals surface area contributed by atoms with Crippen molar-refractivity contribution >= 4 is 28.2 Å². The van der Waals surface area contributed by atoms with E-state index in [0.717, 1.165) is 0 Å². The first-order chi connectivity index (χ1) is 9.72. The molecule has 0 saturated heterocycles. The van der Waals surface area contributed by atoms with Crippen molar-refractivity contribution in [1.82, 2.24) is 15.1 Å². The van der Waals surface area contributed by atoms with E-state index in [1.54, 1.807) is 23.6 Å². The molecule has 5 nitrogen and oxygen atoms in total. The van der Waals surface area contributed by atoms with Gasteiger partial charge in [0, 0.05) is 10.3 Å². The van der Waals surface area contributed by atoms with Gasteiger partial charge in [-0.05, 0) is 12.1 Å². The van der Waals surface area contributed by atoms with Gasteiger partial charge in [0.1, 0.15) is 11.5 Å². The minimum Gasteiger partial charge on any atom is -0.375 e. The van der Waals surface area contributed by atoms with Crippen LogP contribution in [0.2, 0.25) is 0 Å². The molecule has 0 fully saturated rings.